The van der Waals surface area contributed by atoms with Gasteiger partial charge in [0.1, 0.15) is 5.56 Å². The van der Waals surface area contributed by atoms with Crippen LogP contribution in [-0.4, -0.2) is 15.6 Å². The summed E-state index contributed by atoms with van der Waals surface area (Å²) in [7, 11) is 1.61. The van der Waals surface area contributed by atoms with Gasteiger partial charge in [0, 0.05) is 13.2 Å². The first-order valence-corrected chi connectivity index (χ1v) is 5.39. The number of halogens is 2. The molecule has 1 heterocycles. The molecule has 2 aromatic rings. The van der Waals surface area contributed by atoms with Crippen molar-refractivity contribution in [3.05, 3.63) is 44.2 Å². The molecule has 6 heteroatoms. The Bertz CT molecular complexity index is 691. The summed E-state index contributed by atoms with van der Waals surface area (Å²) in [5.41, 5.74) is -0.531. The van der Waals surface area contributed by atoms with Crippen molar-refractivity contribution in [2.24, 2.45) is 7.05 Å². The molecule has 1 aromatic heterocycles. The average molecular weight is 272 g/mol. The molecule has 0 amide bonds. The molecule has 0 saturated carbocycles. The molecule has 0 aliphatic carbocycles. The van der Waals surface area contributed by atoms with Crippen molar-refractivity contribution in [2.45, 2.75) is 0 Å². The van der Waals surface area contributed by atoms with E-state index < -0.39 is 11.4 Å². The largest absolute Gasteiger partial charge is 0.477 e. The van der Waals surface area contributed by atoms with Crippen molar-refractivity contribution in [3.63, 3.8) is 0 Å². The summed E-state index contributed by atoms with van der Waals surface area (Å²) >= 11 is 11.9. The molecule has 4 nitrogen and oxygen atoms in total. The monoisotopic (exact) mass is 271 g/mol. The molecule has 0 bridgehead atoms. The minimum Gasteiger partial charge on any atom is -0.477 e. The predicted octanol–water partition coefficient (Wildman–Crippen LogP) is 2.54. The highest BCUT2D eigenvalue weighted by Crippen LogP contribution is 2.27. The number of aryl methyl sites for hydroxylation is 1. The van der Waals surface area contributed by atoms with Gasteiger partial charge in [-0.3, -0.25) is 4.79 Å². The lowest BCUT2D eigenvalue weighted by Crippen LogP contribution is -2.18. The minimum atomic E-state index is -1.29. The summed E-state index contributed by atoms with van der Waals surface area (Å²) in [5, 5.41) is 9.58. The second-order valence-electron chi connectivity index (χ2n) is 3.54. The third-order valence-electron chi connectivity index (χ3n) is 2.46. The third-order valence-corrected chi connectivity index (χ3v) is 3.08. The number of aromatic nitrogens is 1. The van der Waals surface area contributed by atoms with Gasteiger partial charge in [-0.1, -0.05) is 23.2 Å². The molecule has 1 N–H and O–H groups in total. The second-order valence-corrected chi connectivity index (χ2v) is 4.36. The number of carbonyl (C=O) groups is 1. The Morgan fingerprint density at radius 3 is 2.47 bits per heavy atom. The van der Waals surface area contributed by atoms with Crippen molar-refractivity contribution in [3.8, 4) is 0 Å². The van der Waals surface area contributed by atoms with Crippen molar-refractivity contribution in [1.29, 1.82) is 0 Å². The summed E-state index contributed by atoms with van der Waals surface area (Å²) in [6.07, 6.45) is 1.23. The lowest BCUT2D eigenvalue weighted by atomic mass is 10.1. The van der Waals surface area contributed by atoms with Gasteiger partial charge in [0.2, 0.25) is 5.43 Å². The average Bonchev–Trinajstić information content (AvgIpc) is 2.26. The van der Waals surface area contributed by atoms with E-state index in [0.717, 1.165) is 0 Å². The standard InChI is InChI=1S/C11H7Cl2NO3/c1-14-4-5(11(16)17)10(15)8-6(12)2-3-7(13)9(8)14/h2-4H,1H3,(H,16,17). The zero-order chi connectivity index (χ0) is 12.7. The van der Waals surface area contributed by atoms with Gasteiger partial charge in [0.15, 0.2) is 0 Å². The first kappa shape index (κ1) is 12.0. The smallest absolute Gasteiger partial charge is 0.341 e. The van der Waals surface area contributed by atoms with E-state index in [9.17, 15) is 9.59 Å². The zero-order valence-corrected chi connectivity index (χ0v) is 10.2. The molecule has 1 aromatic carbocycles. The first-order valence-electron chi connectivity index (χ1n) is 4.64. The van der Waals surface area contributed by atoms with Crippen molar-refractivity contribution in [1.82, 2.24) is 4.57 Å². The Balaban J connectivity index is 3.10. The van der Waals surface area contributed by atoms with Crippen LogP contribution in [0.5, 0.6) is 0 Å². The summed E-state index contributed by atoms with van der Waals surface area (Å²) in [6, 6.07) is 3.03. The summed E-state index contributed by atoms with van der Waals surface area (Å²) < 4.78 is 1.48. The molecular weight excluding hydrogens is 265 g/mol. The first-order chi connectivity index (χ1) is 7.93. The van der Waals surface area contributed by atoms with Gasteiger partial charge < -0.3 is 9.67 Å². The molecule has 0 aliphatic heterocycles. The van der Waals surface area contributed by atoms with Crippen LogP contribution in [0.3, 0.4) is 0 Å². The van der Waals surface area contributed by atoms with Crippen molar-refractivity contribution >= 4 is 40.1 Å². The van der Waals surface area contributed by atoms with Gasteiger partial charge in [0.05, 0.1) is 20.9 Å². The van der Waals surface area contributed by atoms with Gasteiger partial charge in [-0.25, -0.2) is 4.79 Å². The zero-order valence-electron chi connectivity index (χ0n) is 8.70. The lowest BCUT2D eigenvalue weighted by molar-refractivity contribution is 0.0695. The highest BCUT2D eigenvalue weighted by atomic mass is 35.5. The molecule has 0 fully saturated rings. The number of hydrogen-bond acceptors (Lipinski definition) is 2. The quantitative estimate of drug-likeness (QED) is 0.867. The van der Waals surface area contributed by atoms with E-state index in [1.165, 1.54) is 16.8 Å². The minimum absolute atomic E-state index is 0.126. The van der Waals surface area contributed by atoms with Crippen LogP contribution >= 0.6 is 23.2 Å². The molecule has 0 unspecified atom stereocenters. The second kappa shape index (κ2) is 4.05. The van der Waals surface area contributed by atoms with Gasteiger partial charge in [-0.05, 0) is 12.1 Å². The summed E-state index contributed by atoms with van der Waals surface area (Å²) in [4.78, 5) is 22.9. The van der Waals surface area contributed by atoms with E-state index >= 15 is 0 Å². The topological polar surface area (TPSA) is 59.3 Å². The Morgan fingerprint density at radius 1 is 1.29 bits per heavy atom. The third kappa shape index (κ3) is 1.79. The van der Waals surface area contributed by atoms with Gasteiger partial charge in [-0.15, -0.1) is 0 Å². The fourth-order valence-electron chi connectivity index (χ4n) is 1.71. The van der Waals surface area contributed by atoms with Crippen molar-refractivity contribution in [2.75, 3.05) is 0 Å². The van der Waals surface area contributed by atoms with Crippen LogP contribution in [0.15, 0.2) is 23.1 Å². The maximum atomic E-state index is 12.0. The van der Waals surface area contributed by atoms with E-state index in [0.29, 0.717) is 10.5 Å². The summed E-state index contributed by atoms with van der Waals surface area (Å²) in [5.74, 6) is -1.29. The number of benzene rings is 1. The van der Waals surface area contributed by atoms with Crippen LogP contribution in [0.2, 0.25) is 10.0 Å². The van der Waals surface area contributed by atoms with Crippen LogP contribution in [0.4, 0.5) is 0 Å². The fraction of sp³-hybridized carbons (Fsp3) is 0.0909. The van der Waals surface area contributed by atoms with Gasteiger partial charge >= 0.3 is 5.97 Å². The Kier molecular flexibility index (Phi) is 2.85. The van der Waals surface area contributed by atoms with Crippen molar-refractivity contribution < 1.29 is 9.90 Å². The molecule has 0 aliphatic rings. The van der Waals surface area contributed by atoms with E-state index in [1.54, 1.807) is 13.1 Å². The Morgan fingerprint density at radius 2 is 1.88 bits per heavy atom. The number of hydrogen-bond donors (Lipinski definition) is 1. The van der Waals surface area contributed by atoms with Crippen LogP contribution in [0, 0.1) is 0 Å². The maximum Gasteiger partial charge on any atom is 0.341 e. The fourth-order valence-corrected chi connectivity index (χ4v) is 2.23. The van der Waals surface area contributed by atoms with Crippen LogP contribution in [0.25, 0.3) is 10.9 Å². The molecule has 0 radical (unpaired) electrons. The molecule has 88 valence electrons. The number of aromatic carboxylic acids is 1. The van der Waals surface area contributed by atoms with E-state index in [-0.39, 0.29) is 16.0 Å². The SMILES string of the molecule is Cn1cc(C(=O)O)c(=O)c2c(Cl)ccc(Cl)c21. The Hall–Kier alpha value is -1.52. The maximum absolute atomic E-state index is 12.0. The number of fused-ring (bicyclic) bond motifs is 1. The van der Waals surface area contributed by atoms with Crippen LogP contribution in [-0.2, 0) is 7.05 Å². The van der Waals surface area contributed by atoms with Gasteiger partial charge in [0.25, 0.3) is 0 Å². The normalized spacial score (nSPS) is 10.8. The molecule has 0 saturated heterocycles. The van der Waals surface area contributed by atoms with Crippen LogP contribution < -0.4 is 5.43 Å². The molecule has 2 rings (SSSR count). The molecular formula is C11H7Cl2NO3. The Labute approximate surface area is 106 Å². The van der Waals surface area contributed by atoms with Crippen LogP contribution in [0.1, 0.15) is 10.4 Å². The molecule has 0 spiro atoms. The predicted molar refractivity (Wildman–Crippen MR) is 66.2 cm³/mol. The number of nitrogens with zero attached hydrogens (tertiary/aromatic N) is 1. The molecule has 17 heavy (non-hydrogen) atoms. The van der Waals surface area contributed by atoms with Gasteiger partial charge in [-0.2, -0.15) is 0 Å². The molecule has 0 atom stereocenters. The van der Waals surface area contributed by atoms with E-state index in [1.807, 2.05) is 0 Å². The number of carboxylic acid groups (broad SMARTS) is 1. The number of rotatable bonds is 1. The summed E-state index contributed by atoms with van der Waals surface area (Å²) in [6.45, 7) is 0. The van der Waals surface area contributed by atoms with E-state index in [4.69, 9.17) is 28.3 Å². The van der Waals surface area contributed by atoms with E-state index in [2.05, 4.69) is 0 Å². The lowest BCUT2D eigenvalue weighted by Gasteiger charge is -2.09. The number of pyridine rings is 1. The number of carboxylic acids is 1. The highest BCUT2D eigenvalue weighted by Gasteiger charge is 2.16. The highest BCUT2D eigenvalue weighted by molar-refractivity contribution is 6.39.